The zero-order chi connectivity index (χ0) is 34.5. The second kappa shape index (κ2) is 13.9. The van der Waals surface area contributed by atoms with Gasteiger partial charge in [-0.3, -0.25) is 0 Å². The van der Waals surface area contributed by atoms with Crippen LogP contribution in [-0.2, 0) is 0 Å². The van der Waals surface area contributed by atoms with Crippen LogP contribution in [-0.4, -0.2) is 36.1 Å². The summed E-state index contributed by atoms with van der Waals surface area (Å²) in [6.45, 7) is 27.7. The fourth-order valence-corrected chi connectivity index (χ4v) is 19.1. The highest BCUT2D eigenvalue weighted by Gasteiger charge is 2.42. The molecule has 0 aliphatic heterocycles. The molecule has 244 valence electrons. The van der Waals surface area contributed by atoms with E-state index in [-0.39, 0.29) is 20.1 Å². The van der Waals surface area contributed by atoms with Gasteiger partial charge in [0.1, 0.15) is 38.2 Å². The van der Waals surface area contributed by atoms with E-state index in [4.69, 9.17) is 66.3 Å². The first-order valence-corrected chi connectivity index (χ1v) is 22.1. The fourth-order valence-electron chi connectivity index (χ4n) is 7.71. The summed E-state index contributed by atoms with van der Waals surface area (Å²) in [7, 11) is -4.05. The molecule has 0 saturated carbocycles. The minimum absolute atomic E-state index is 0.123. The number of nitrogens with zero attached hydrogens (tertiary/aromatic N) is 4. The van der Waals surface area contributed by atoms with Gasteiger partial charge in [-0.05, 0) is 45.4 Å². The van der Waals surface area contributed by atoms with Crippen molar-refractivity contribution in [3.8, 4) is 22.9 Å². The number of fused-ring (bicyclic) bond motifs is 3. The van der Waals surface area contributed by atoms with Crippen LogP contribution in [0.5, 0.6) is 0 Å². The summed E-state index contributed by atoms with van der Waals surface area (Å²) >= 11 is 25.9. The number of aromatic nitrogens is 4. The molecule has 46 heavy (non-hydrogen) atoms. The first-order valence-electron chi connectivity index (χ1n) is 16.1. The van der Waals surface area contributed by atoms with E-state index in [1.807, 2.05) is 12.1 Å². The lowest BCUT2D eigenvalue weighted by Crippen LogP contribution is -2.43. The van der Waals surface area contributed by atoms with Crippen LogP contribution in [0.2, 0.25) is 53.3 Å². The van der Waals surface area contributed by atoms with Crippen molar-refractivity contribution in [2.45, 2.75) is 116 Å². The second-order valence-corrected chi connectivity index (χ2v) is 26.9. The third-order valence-electron chi connectivity index (χ3n) is 10.00. The van der Waals surface area contributed by atoms with Gasteiger partial charge in [0.2, 0.25) is 0 Å². The predicted octanol–water partition coefficient (Wildman–Crippen LogP) is 12.5. The third-order valence-corrected chi connectivity index (χ3v) is 24.4. The summed E-state index contributed by atoms with van der Waals surface area (Å²) in [5.74, 6) is 7.20. The normalized spacial score (nSPS) is 12.7. The van der Waals surface area contributed by atoms with Crippen LogP contribution in [0.3, 0.4) is 0 Å². The van der Waals surface area contributed by atoms with E-state index in [0.717, 1.165) is 11.1 Å². The van der Waals surface area contributed by atoms with Crippen LogP contribution in [0.25, 0.3) is 33.4 Å². The summed E-state index contributed by atoms with van der Waals surface area (Å²) < 4.78 is 0. The molecule has 0 atom stereocenters. The summed E-state index contributed by atoms with van der Waals surface area (Å²) in [6, 6.07) is 4.08. The molecule has 0 unspecified atom stereocenters. The fraction of sp³-hybridized carbons (Fsp3) is 0.500. The maximum absolute atomic E-state index is 6.57. The van der Waals surface area contributed by atoms with Gasteiger partial charge in [0, 0.05) is 0 Å². The van der Waals surface area contributed by atoms with Gasteiger partial charge in [-0.25, -0.2) is 19.9 Å². The molecule has 2 aromatic carbocycles. The van der Waals surface area contributed by atoms with E-state index in [1.165, 1.54) is 0 Å². The lowest BCUT2D eigenvalue weighted by molar-refractivity contribution is 0.838. The van der Waals surface area contributed by atoms with Gasteiger partial charge in [-0.2, -0.15) is 0 Å². The van der Waals surface area contributed by atoms with Crippen LogP contribution < -0.4 is 0 Å². The predicted molar refractivity (Wildman–Crippen MR) is 206 cm³/mol. The molecule has 0 fully saturated rings. The molecule has 0 radical (unpaired) electrons. The van der Waals surface area contributed by atoms with Crippen molar-refractivity contribution in [1.29, 1.82) is 0 Å². The quantitative estimate of drug-likeness (QED) is 0.0652. The standard InChI is InChI=1S/C36H44Cl4N4Si2/c1-19(2)45(20(3)4,21(5)6)17-15-25-13-14-26(16-18-46(22(7)8,23(9)10)24(11)12)32-31(25)41-35-36(42-32)44-34-30(40)28(38)27(37)29(39)33(34)43-35/h13-14,19-24H,1-12H3. The molecular weight excluding hydrogens is 686 g/mol. The molecule has 0 aliphatic rings. The van der Waals surface area contributed by atoms with Gasteiger partial charge >= 0.3 is 0 Å². The van der Waals surface area contributed by atoms with Gasteiger partial charge in [-0.15, -0.1) is 11.1 Å². The van der Waals surface area contributed by atoms with Crippen molar-refractivity contribution in [3.05, 3.63) is 43.4 Å². The van der Waals surface area contributed by atoms with Gasteiger partial charge in [-0.1, -0.05) is 141 Å². The maximum Gasteiger partial charge on any atom is 0.199 e. The van der Waals surface area contributed by atoms with Crippen LogP contribution in [0.15, 0.2) is 12.1 Å². The monoisotopic (exact) mass is 728 g/mol. The highest BCUT2D eigenvalue weighted by atomic mass is 35.5. The largest absolute Gasteiger partial charge is 0.222 e. The minimum Gasteiger partial charge on any atom is -0.222 e. The molecule has 10 heteroatoms. The van der Waals surface area contributed by atoms with E-state index in [2.05, 4.69) is 106 Å². The average Bonchev–Trinajstić information content (AvgIpc) is 2.97. The summed E-state index contributed by atoms with van der Waals surface area (Å²) in [5.41, 5.74) is 14.8. The van der Waals surface area contributed by atoms with Gasteiger partial charge in [0.05, 0.1) is 31.2 Å². The molecule has 0 saturated heterocycles. The summed E-state index contributed by atoms with van der Waals surface area (Å²) in [5, 5.41) is 0.581. The lowest BCUT2D eigenvalue weighted by atomic mass is 10.1. The molecule has 4 nitrogen and oxygen atoms in total. The summed E-state index contributed by atoms with van der Waals surface area (Å²) in [4.78, 5) is 19.6. The number of rotatable bonds is 6. The van der Waals surface area contributed by atoms with Crippen molar-refractivity contribution >= 4 is 95.9 Å². The highest BCUT2D eigenvalue weighted by molar-refractivity contribution is 6.91. The molecule has 2 heterocycles. The molecule has 2 aromatic heterocycles. The SMILES string of the molecule is CC(C)[Si](C#Cc1ccc(C#C[Si](C(C)C)(C(C)C)C(C)C)c2nc3nc4c(Cl)c(Cl)c(Cl)c(Cl)c4nc3nc12)(C(C)C)C(C)C. The number of hydrogen-bond acceptors (Lipinski definition) is 4. The molecule has 0 N–H and O–H groups in total. The first kappa shape index (κ1) is 36.9. The van der Waals surface area contributed by atoms with E-state index < -0.39 is 16.1 Å². The van der Waals surface area contributed by atoms with Crippen molar-refractivity contribution < 1.29 is 0 Å². The summed E-state index contributed by atoms with van der Waals surface area (Å²) in [6.07, 6.45) is 0. The van der Waals surface area contributed by atoms with Crippen molar-refractivity contribution in [3.63, 3.8) is 0 Å². The van der Waals surface area contributed by atoms with Crippen molar-refractivity contribution in [2.75, 3.05) is 0 Å². The average molecular weight is 731 g/mol. The Hall–Kier alpha value is -1.91. The zero-order valence-electron chi connectivity index (χ0n) is 28.9. The van der Waals surface area contributed by atoms with Crippen molar-refractivity contribution in [1.82, 2.24) is 19.9 Å². The van der Waals surface area contributed by atoms with Gasteiger partial charge in [0.25, 0.3) is 0 Å². The zero-order valence-corrected chi connectivity index (χ0v) is 33.9. The third kappa shape index (κ3) is 6.20. The second-order valence-electron chi connectivity index (χ2n) is 14.2. The number of hydrogen-bond donors (Lipinski definition) is 0. The number of benzene rings is 2. The lowest BCUT2D eigenvalue weighted by Gasteiger charge is -2.38. The van der Waals surface area contributed by atoms with Gasteiger partial charge in [0.15, 0.2) is 11.3 Å². The van der Waals surface area contributed by atoms with Crippen LogP contribution in [0.1, 0.15) is 94.2 Å². The molecule has 4 aromatic rings. The van der Waals surface area contributed by atoms with Crippen LogP contribution >= 0.6 is 46.4 Å². The molecular formula is C36H44Cl4N4Si2. The Morgan fingerprint density at radius 1 is 0.435 bits per heavy atom. The van der Waals surface area contributed by atoms with E-state index in [9.17, 15) is 0 Å². The minimum atomic E-state index is -2.02. The van der Waals surface area contributed by atoms with Crippen molar-refractivity contribution in [2.24, 2.45) is 0 Å². The first-order chi connectivity index (χ1) is 21.4. The Kier molecular flexibility index (Phi) is 11.2. The Balaban J connectivity index is 2.14. The Labute approximate surface area is 296 Å². The molecule has 4 rings (SSSR count). The highest BCUT2D eigenvalue weighted by Crippen LogP contribution is 2.43. The Morgan fingerprint density at radius 2 is 0.696 bits per heavy atom. The topological polar surface area (TPSA) is 51.6 Å². The molecule has 0 amide bonds. The Morgan fingerprint density at radius 3 is 0.957 bits per heavy atom. The van der Waals surface area contributed by atoms with Gasteiger partial charge < -0.3 is 0 Å². The van der Waals surface area contributed by atoms with E-state index in [0.29, 0.717) is 66.6 Å². The molecule has 0 spiro atoms. The Bertz CT molecular complexity index is 1760. The molecule has 0 bridgehead atoms. The van der Waals surface area contributed by atoms with E-state index in [1.54, 1.807) is 0 Å². The maximum atomic E-state index is 6.57. The smallest absolute Gasteiger partial charge is 0.199 e. The van der Waals surface area contributed by atoms with Crippen LogP contribution in [0.4, 0.5) is 0 Å². The van der Waals surface area contributed by atoms with E-state index >= 15 is 0 Å². The van der Waals surface area contributed by atoms with Crippen LogP contribution in [0, 0.1) is 22.9 Å². The molecule has 0 aliphatic carbocycles. The number of halogens is 4.